The van der Waals surface area contributed by atoms with Gasteiger partial charge in [0.2, 0.25) is 0 Å². The van der Waals surface area contributed by atoms with Crippen LogP contribution in [0.4, 0.5) is 0 Å². The maximum atomic E-state index is 8.89. The number of piperazine rings is 1. The van der Waals surface area contributed by atoms with Gasteiger partial charge in [-0.2, -0.15) is 5.26 Å². The molecule has 0 unspecified atom stereocenters. The molecule has 1 aliphatic heterocycles. The molecule has 1 fully saturated rings. The minimum atomic E-state index is 0.582. The molecule has 1 aliphatic rings. The Morgan fingerprint density at radius 3 is 2.57 bits per heavy atom. The van der Waals surface area contributed by atoms with Crippen LogP contribution in [0.25, 0.3) is 12.2 Å². The smallest absolute Gasteiger partial charge is 0.101 e. The Balaban J connectivity index is 1.62. The molecule has 0 amide bonds. The van der Waals surface area contributed by atoms with Crippen LogP contribution in [0.2, 0.25) is 0 Å². The molecule has 1 aromatic heterocycles. The maximum absolute atomic E-state index is 8.89. The van der Waals surface area contributed by atoms with Gasteiger partial charge in [0.1, 0.15) is 6.07 Å². The Hall–Kier alpha value is -2.48. The summed E-state index contributed by atoms with van der Waals surface area (Å²) in [5.74, 6) is 0. The molecule has 1 N–H and O–H groups in total. The van der Waals surface area contributed by atoms with Crippen molar-refractivity contribution >= 4 is 12.2 Å². The van der Waals surface area contributed by atoms with Crippen molar-refractivity contribution in [2.24, 2.45) is 0 Å². The summed E-state index contributed by atoms with van der Waals surface area (Å²) in [7, 11) is 0. The van der Waals surface area contributed by atoms with Crippen LogP contribution in [0, 0.1) is 11.3 Å². The Bertz CT molecular complexity index is 707. The van der Waals surface area contributed by atoms with E-state index in [-0.39, 0.29) is 0 Å². The molecule has 1 saturated heterocycles. The van der Waals surface area contributed by atoms with Crippen LogP contribution in [0.3, 0.4) is 0 Å². The number of aromatic nitrogens is 1. The Morgan fingerprint density at radius 2 is 1.83 bits per heavy atom. The van der Waals surface area contributed by atoms with E-state index in [2.05, 4.69) is 45.5 Å². The summed E-state index contributed by atoms with van der Waals surface area (Å²) in [5.41, 5.74) is 4.01. The van der Waals surface area contributed by atoms with E-state index in [0.29, 0.717) is 5.56 Å². The van der Waals surface area contributed by atoms with E-state index in [9.17, 15) is 0 Å². The van der Waals surface area contributed by atoms with Gasteiger partial charge < -0.3 is 5.32 Å². The first kappa shape index (κ1) is 15.4. The largest absolute Gasteiger partial charge is 0.314 e. The van der Waals surface area contributed by atoms with E-state index < -0.39 is 0 Å². The van der Waals surface area contributed by atoms with Crippen LogP contribution >= 0.6 is 0 Å². The first-order valence-corrected chi connectivity index (χ1v) is 7.89. The standard InChI is InChI=1S/C19H20N4/c20-12-19-11-18(13-22-14-19)6-3-16-1-4-17(5-2-16)15-23-9-7-21-8-10-23/h1-6,11,13-14,21H,7-10,15H2/b6-3+. The maximum Gasteiger partial charge on any atom is 0.101 e. The molecule has 0 spiro atoms. The highest BCUT2D eigenvalue weighted by Crippen LogP contribution is 2.12. The van der Waals surface area contributed by atoms with E-state index in [4.69, 9.17) is 5.26 Å². The van der Waals surface area contributed by atoms with Crippen LogP contribution < -0.4 is 5.32 Å². The van der Waals surface area contributed by atoms with Crippen LogP contribution in [0.5, 0.6) is 0 Å². The summed E-state index contributed by atoms with van der Waals surface area (Å²) in [6.07, 6.45) is 7.37. The molecular formula is C19H20N4. The highest BCUT2D eigenvalue weighted by Gasteiger charge is 2.09. The van der Waals surface area contributed by atoms with Gasteiger partial charge in [-0.1, -0.05) is 36.4 Å². The molecule has 23 heavy (non-hydrogen) atoms. The van der Waals surface area contributed by atoms with Crippen LogP contribution in [0.1, 0.15) is 22.3 Å². The van der Waals surface area contributed by atoms with Gasteiger partial charge in [0.25, 0.3) is 0 Å². The molecule has 4 heteroatoms. The molecule has 0 atom stereocenters. The number of hydrogen-bond acceptors (Lipinski definition) is 4. The first-order valence-electron chi connectivity index (χ1n) is 7.89. The monoisotopic (exact) mass is 304 g/mol. The topological polar surface area (TPSA) is 52.0 Å². The van der Waals surface area contributed by atoms with E-state index in [1.54, 1.807) is 12.4 Å². The molecule has 4 nitrogen and oxygen atoms in total. The molecule has 2 heterocycles. The van der Waals surface area contributed by atoms with E-state index in [1.165, 1.54) is 5.56 Å². The molecule has 0 saturated carbocycles. The van der Waals surface area contributed by atoms with E-state index >= 15 is 0 Å². The first-order chi connectivity index (χ1) is 11.3. The molecule has 0 aliphatic carbocycles. The van der Waals surface area contributed by atoms with Gasteiger partial charge in [0.05, 0.1) is 5.56 Å². The van der Waals surface area contributed by atoms with Crippen molar-refractivity contribution in [3.8, 4) is 6.07 Å². The molecule has 0 bridgehead atoms. The molecule has 2 aromatic rings. The number of hydrogen-bond donors (Lipinski definition) is 1. The minimum absolute atomic E-state index is 0.582. The average Bonchev–Trinajstić information content (AvgIpc) is 2.62. The highest BCUT2D eigenvalue weighted by molar-refractivity contribution is 5.69. The quantitative estimate of drug-likeness (QED) is 0.943. The lowest BCUT2D eigenvalue weighted by Crippen LogP contribution is -2.42. The third-order valence-electron chi connectivity index (χ3n) is 3.95. The molecule has 1 aromatic carbocycles. The second kappa shape index (κ2) is 7.68. The fourth-order valence-corrected chi connectivity index (χ4v) is 2.66. The van der Waals surface area contributed by atoms with Gasteiger partial charge in [-0.15, -0.1) is 0 Å². The van der Waals surface area contributed by atoms with Gasteiger partial charge in [0.15, 0.2) is 0 Å². The van der Waals surface area contributed by atoms with Crippen LogP contribution in [-0.4, -0.2) is 36.1 Å². The number of nitrogens with zero attached hydrogens (tertiary/aromatic N) is 3. The van der Waals surface area contributed by atoms with E-state index in [0.717, 1.165) is 43.9 Å². The fraction of sp³-hybridized carbons (Fsp3) is 0.263. The van der Waals surface area contributed by atoms with Crippen molar-refractivity contribution in [1.82, 2.24) is 15.2 Å². The summed E-state index contributed by atoms with van der Waals surface area (Å²) < 4.78 is 0. The zero-order valence-corrected chi connectivity index (χ0v) is 13.1. The van der Waals surface area contributed by atoms with Crippen molar-refractivity contribution < 1.29 is 0 Å². The lowest BCUT2D eigenvalue weighted by molar-refractivity contribution is 0.233. The van der Waals surface area contributed by atoms with Crippen LogP contribution in [0.15, 0.2) is 42.7 Å². The summed E-state index contributed by atoms with van der Waals surface area (Å²) in [5, 5.41) is 12.3. The Morgan fingerprint density at radius 1 is 1.09 bits per heavy atom. The second-order valence-electron chi connectivity index (χ2n) is 5.72. The minimum Gasteiger partial charge on any atom is -0.314 e. The normalized spacial score (nSPS) is 15.6. The van der Waals surface area contributed by atoms with Gasteiger partial charge in [-0.05, 0) is 22.8 Å². The number of rotatable bonds is 4. The Labute approximate surface area is 137 Å². The zero-order valence-electron chi connectivity index (χ0n) is 13.1. The lowest BCUT2D eigenvalue weighted by atomic mass is 10.1. The van der Waals surface area contributed by atoms with Crippen molar-refractivity contribution in [2.75, 3.05) is 26.2 Å². The van der Waals surface area contributed by atoms with E-state index in [1.807, 2.05) is 18.2 Å². The average molecular weight is 304 g/mol. The number of nitriles is 1. The highest BCUT2D eigenvalue weighted by atomic mass is 15.2. The van der Waals surface area contributed by atoms with Gasteiger partial charge in [0, 0.05) is 45.1 Å². The van der Waals surface area contributed by atoms with Crippen molar-refractivity contribution in [1.29, 1.82) is 5.26 Å². The van der Waals surface area contributed by atoms with Crippen molar-refractivity contribution in [2.45, 2.75) is 6.54 Å². The fourth-order valence-electron chi connectivity index (χ4n) is 2.66. The number of pyridine rings is 1. The number of nitrogens with one attached hydrogen (secondary N) is 1. The SMILES string of the molecule is N#Cc1cncc(/C=C/c2ccc(CN3CCNCC3)cc2)c1. The second-order valence-corrected chi connectivity index (χ2v) is 5.72. The summed E-state index contributed by atoms with van der Waals surface area (Å²) in [6.45, 7) is 5.40. The van der Waals surface area contributed by atoms with Crippen LogP contribution in [-0.2, 0) is 6.54 Å². The lowest BCUT2D eigenvalue weighted by Gasteiger charge is -2.27. The molecular weight excluding hydrogens is 284 g/mol. The van der Waals surface area contributed by atoms with Crippen molar-refractivity contribution in [3.05, 3.63) is 65.0 Å². The zero-order chi connectivity index (χ0) is 15.9. The summed E-state index contributed by atoms with van der Waals surface area (Å²) >= 11 is 0. The van der Waals surface area contributed by atoms with Gasteiger partial charge in [-0.3, -0.25) is 9.88 Å². The van der Waals surface area contributed by atoms with Crippen molar-refractivity contribution in [3.63, 3.8) is 0 Å². The Kier molecular flexibility index (Phi) is 5.15. The molecule has 0 radical (unpaired) electrons. The predicted octanol–water partition coefficient (Wildman–Crippen LogP) is 2.53. The molecule has 116 valence electrons. The summed E-state index contributed by atoms with van der Waals surface area (Å²) in [4.78, 5) is 6.54. The third kappa shape index (κ3) is 4.49. The third-order valence-corrected chi connectivity index (χ3v) is 3.95. The predicted molar refractivity (Wildman–Crippen MR) is 92.5 cm³/mol. The summed E-state index contributed by atoms with van der Waals surface area (Å²) in [6, 6.07) is 12.6. The van der Waals surface area contributed by atoms with Gasteiger partial charge in [-0.25, -0.2) is 0 Å². The van der Waals surface area contributed by atoms with Gasteiger partial charge >= 0.3 is 0 Å². The molecule has 3 rings (SSSR count). The number of benzene rings is 1.